The Morgan fingerprint density at radius 3 is 2.28 bits per heavy atom. The largest absolute Gasteiger partial charge is 0.355 e. The lowest BCUT2D eigenvalue weighted by atomic mass is 9.96. The van der Waals surface area contributed by atoms with Crippen molar-refractivity contribution >= 4 is 29.1 Å². The predicted octanol–water partition coefficient (Wildman–Crippen LogP) is 4.28. The van der Waals surface area contributed by atoms with Crippen molar-refractivity contribution in [2.24, 2.45) is 11.8 Å². The molecule has 2 aromatic carbocycles. The maximum Gasteiger partial charge on any atom is 0.239 e. The number of carbonyl (C=O) groups excluding carboxylic acids is 2. The molecule has 0 bridgehead atoms. The predicted molar refractivity (Wildman–Crippen MR) is 129 cm³/mol. The van der Waals surface area contributed by atoms with Crippen molar-refractivity contribution in [2.75, 3.05) is 31.1 Å². The topological polar surface area (TPSA) is 52.7 Å². The molecule has 2 amide bonds. The monoisotopic (exact) mass is 453 g/mol. The molecule has 2 fully saturated rings. The van der Waals surface area contributed by atoms with Gasteiger partial charge in [-0.1, -0.05) is 42.8 Å². The van der Waals surface area contributed by atoms with Crippen molar-refractivity contribution < 1.29 is 9.59 Å². The van der Waals surface area contributed by atoms with Gasteiger partial charge in [0, 0.05) is 30.3 Å². The molecule has 2 aliphatic heterocycles. The van der Waals surface area contributed by atoms with Gasteiger partial charge in [-0.3, -0.25) is 14.5 Å². The molecular formula is C26H32ClN3O2. The van der Waals surface area contributed by atoms with Crippen LogP contribution in [0.2, 0.25) is 5.02 Å². The second kappa shape index (κ2) is 10.5. The summed E-state index contributed by atoms with van der Waals surface area (Å²) in [4.78, 5) is 29.8. The summed E-state index contributed by atoms with van der Waals surface area (Å²) in [6, 6.07) is 16.1. The molecule has 2 saturated heterocycles. The van der Waals surface area contributed by atoms with Gasteiger partial charge in [-0.05, 0) is 80.1 Å². The van der Waals surface area contributed by atoms with Crippen molar-refractivity contribution in [3.05, 3.63) is 64.7 Å². The number of benzene rings is 2. The molecule has 4 rings (SSSR count). The van der Waals surface area contributed by atoms with E-state index < -0.39 is 5.92 Å². The number of carbonyl (C=O) groups is 2. The van der Waals surface area contributed by atoms with Crippen molar-refractivity contribution in [3.63, 3.8) is 0 Å². The highest BCUT2D eigenvalue weighted by atomic mass is 35.5. The van der Waals surface area contributed by atoms with Crippen LogP contribution in [0.25, 0.3) is 0 Å². The highest BCUT2D eigenvalue weighted by Crippen LogP contribution is 2.26. The second-order valence-electron chi connectivity index (χ2n) is 8.94. The zero-order valence-electron chi connectivity index (χ0n) is 18.7. The third-order valence-corrected chi connectivity index (χ3v) is 7.02. The normalized spacial score (nSPS) is 20.0. The number of nitrogens with zero attached hydrogens (tertiary/aromatic N) is 2. The average molecular weight is 454 g/mol. The van der Waals surface area contributed by atoms with Crippen molar-refractivity contribution in [1.29, 1.82) is 0 Å². The van der Waals surface area contributed by atoms with Crippen LogP contribution in [0, 0.1) is 11.8 Å². The Balaban J connectivity index is 1.21. The van der Waals surface area contributed by atoms with E-state index in [1.807, 2.05) is 24.3 Å². The summed E-state index contributed by atoms with van der Waals surface area (Å²) in [5, 5.41) is 3.83. The minimum atomic E-state index is -0.564. The lowest BCUT2D eigenvalue weighted by Crippen LogP contribution is -2.41. The number of hydrogen-bond acceptors (Lipinski definition) is 3. The van der Waals surface area contributed by atoms with E-state index in [4.69, 9.17) is 11.6 Å². The van der Waals surface area contributed by atoms with Crippen LogP contribution in [0.3, 0.4) is 0 Å². The van der Waals surface area contributed by atoms with Gasteiger partial charge in [0.1, 0.15) is 5.92 Å². The Morgan fingerprint density at radius 2 is 1.62 bits per heavy atom. The number of rotatable bonds is 7. The van der Waals surface area contributed by atoms with Gasteiger partial charge in [0.05, 0.1) is 0 Å². The molecule has 170 valence electrons. The van der Waals surface area contributed by atoms with E-state index in [9.17, 15) is 9.59 Å². The first-order valence-electron chi connectivity index (χ1n) is 11.7. The molecule has 0 unspecified atom stereocenters. The summed E-state index contributed by atoms with van der Waals surface area (Å²) in [6.45, 7) is 6.34. The molecule has 5 nitrogen and oxygen atoms in total. The minimum absolute atomic E-state index is 0.0791. The van der Waals surface area contributed by atoms with E-state index in [1.165, 1.54) is 11.1 Å². The molecule has 2 aromatic rings. The molecule has 1 N–H and O–H groups in total. The van der Waals surface area contributed by atoms with Gasteiger partial charge in [0.15, 0.2) is 0 Å². The van der Waals surface area contributed by atoms with Crippen molar-refractivity contribution in [3.8, 4) is 0 Å². The quantitative estimate of drug-likeness (QED) is 0.636. The first kappa shape index (κ1) is 22.8. The lowest BCUT2D eigenvalue weighted by molar-refractivity contribution is -0.132. The summed E-state index contributed by atoms with van der Waals surface area (Å²) < 4.78 is 0. The van der Waals surface area contributed by atoms with Crippen LogP contribution in [-0.2, 0) is 22.6 Å². The smallest absolute Gasteiger partial charge is 0.239 e. The number of piperidine rings is 1. The molecular weight excluding hydrogens is 422 g/mol. The molecule has 2 heterocycles. The standard InChI is InChI=1S/C26H32ClN3O2/c1-2-19-5-9-23(10-6-19)30-16-13-24(26(30)32)25(31)28-17-20-11-14-29(15-12-20)18-21-3-7-22(27)8-4-21/h3-10,20,24H,2,11-18H2,1H3,(H,28,31)/t24-/m0/s1. The van der Waals surface area contributed by atoms with Gasteiger partial charge in [-0.2, -0.15) is 0 Å². The number of hydrogen-bond donors (Lipinski definition) is 1. The Morgan fingerprint density at radius 1 is 0.969 bits per heavy atom. The SMILES string of the molecule is CCc1ccc(N2CC[C@@H](C(=O)NCC3CCN(Cc4ccc(Cl)cc4)CC3)C2=O)cc1. The first-order chi connectivity index (χ1) is 15.5. The third-order valence-electron chi connectivity index (χ3n) is 6.77. The molecule has 2 aliphatic rings. The van der Waals surface area contributed by atoms with Gasteiger partial charge < -0.3 is 10.2 Å². The van der Waals surface area contributed by atoms with Crippen LogP contribution in [-0.4, -0.2) is 42.9 Å². The maximum absolute atomic E-state index is 12.8. The van der Waals surface area contributed by atoms with E-state index >= 15 is 0 Å². The molecule has 1 atom stereocenters. The molecule has 0 saturated carbocycles. The number of likely N-dealkylation sites (tertiary alicyclic amines) is 1. The number of aryl methyl sites for hydroxylation is 1. The van der Waals surface area contributed by atoms with Gasteiger partial charge in [0.2, 0.25) is 11.8 Å². The summed E-state index contributed by atoms with van der Waals surface area (Å²) in [6.07, 6.45) is 3.67. The molecule has 6 heteroatoms. The third kappa shape index (κ3) is 5.51. The Bertz CT molecular complexity index is 921. The zero-order chi connectivity index (χ0) is 22.5. The fourth-order valence-corrected chi connectivity index (χ4v) is 4.78. The van der Waals surface area contributed by atoms with E-state index in [0.29, 0.717) is 25.4 Å². The average Bonchev–Trinajstić information content (AvgIpc) is 3.21. The maximum atomic E-state index is 12.8. The number of anilines is 1. The second-order valence-corrected chi connectivity index (χ2v) is 9.38. The van der Waals surface area contributed by atoms with Gasteiger partial charge >= 0.3 is 0 Å². The van der Waals surface area contributed by atoms with E-state index in [-0.39, 0.29) is 11.8 Å². The zero-order valence-corrected chi connectivity index (χ0v) is 19.5. The van der Waals surface area contributed by atoms with Crippen LogP contribution >= 0.6 is 11.6 Å². The summed E-state index contributed by atoms with van der Waals surface area (Å²) in [5.41, 5.74) is 3.40. The summed E-state index contributed by atoms with van der Waals surface area (Å²) in [7, 11) is 0. The fraction of sp³-hybridized carbons (Fsp3) is 0.462. The van der Waals surface area contributed by atoms with E-state index in [0.717, 1.165) is 49.6 Å². The molecule has 0 spiro atoms. The van der Waals surface area contributed by atoms with Crippen LogP contribution < -0.4 is 10.2 Å². The highest BCUT2D eigenvalue weighted by Gasteiger charge is 2.37. The van der Waals surface area contributed by atoms with Crippen LogP contribution in [0.5, 0.6) is 0 Å². The Hall–Kier alpha value is -2.37. The number of nitrogens with one attached hydrogen (secondary N) is 1. The lowest BCUT2D eigenvalue weighted by Gasteiger charge is -2.32. The van der Waals surface area contributed by atoms with Crippen molar-refractivity contribution in [2.45, 2.75) is 39.2 Å². The molecule has 0 aromatic heterocycles. The van der Waals surface area contributed by atoms with Crippen LogP contribution in [0.15, 0.2) is 48.5 Å². The summed E-state index contributed by atoms with van der Waals surface area (Å²) in [5.74, 6) is -0.295. The molecule has 0 aliphatic carbocycles. The Labute approximate surface area is 195 Å². The van der Waals surface area contributed by atoms with Gasteiger partial charge in [0.25, 0.3) is 0 Å². The van der Waals surface area contributed by atoms with Gasteiger partial charge in [-0.25, -0.2) is 0 Å². The van der Waals surface area contributed by atoms with Crippen LogP contribution in [0.1, 0.15) is 37.3 Å². The van der Waals surface area contributed by atoms with Crippen molar-refractivity contribution in [1.82, 2.24) is 10.2 Å². The summed E-state index contributed by atoms with van der Waals surface area (Å²) >= 11 is 5.97. The Kier molecular flexibility index (Phi) is 7.48. The first-order valence-corrected chi connectivity index (χ1v) is 12.1. The van der Waals surface area contributed by atoms with E-state index in [2.05, 4.69) is 41.4 Å². The fourth-order valence-electron chi connectivity index (χ4n) is 4.66. The number of halogens is 1. The van der Waals surface area contributed by atoms with Crippen LogP contribution in [0.4, 0.5) is 5.69 Å². The molecule has 0 radical (unpaired) electrons. The highest BCUT2D eigenvalue weighted by molar-refractivity contribution is 6.30. The van der Waals surface area contributed by atoms with E-state index in [1.54, 1.807) is 4.90 Å². The number of amides is 2. The van der Waals surface area contributed by atoms with Gasteiger partial charge in [-0.15, -0.1) is 0 Å². The molecule has 32 heavy (non-hydrogen) atoms. The minimum Gasteiger partial charge on any atom is -0.355 e.